The molecule has 0 fully saturated rings. The first-order valence-corrected chi connectivity index (χ1v) is 13.7. The molecule has 1 aromatic carbocycles. The number of hydrogen-bond donors (Lipinski definition) is 0. The number of unbranched alkanes of at least 4 members (excludes halogenated alkanes) is 15. The Bertz CT molecular complexity index is 468. The highest BCUT2D eigenvalue weighted by Gasteiger charge is 1.98. The van der Waals surface area contributed by atoms with Gasteiger partial charge >= 0.3 is 0 Å². The normalized spacial score (nSPS) is 11.2. The van der Waals surface area contributed by atoms with Crippen molar-refractivity contribution < 1.29 is 9.47 Å². The Morgan fingerprint density at radius 1 is 0.484 bits per heavy atom. The molecule has 0 unspecified atom stereocenters. The van der Waals surface area contributed by atoms with E-state index in [9.17, 15) is 0 Å². The van der Waals surface area contributed by atoms with Crippen LogP contribution in [0, 0.1) is 0 Å². The van der Waals surface area contributed by atoms with E-state index in [-0.39, 0.29) is 0 Å². The number of ether oxygens (including phenoxy) is 2. The average Bonchev–Trinajstić information content (AvgIpc) is 2.79. The lowest BCUT2D eigenvalue weighted by atomic mass is 10.0. The van der Waals surface area contributed by atoms with Crippen LogP contribution >= 0.6 is 0 Å². The zero-order chi connectivity index (χ0) is 22.2. The number of rotatable bonds is 23. The first-order valence-electron chi connectivity index (χ1n) is 13.7. The smallest absolute Gasteiger partial charge is 0.119 e. The molecule has 0 radical (unpaired) electrons. The minimum absolute atomic E-state index is 0.648. The maximum Gasteiger partial charge on any atom is 0.119 e. The van der Waals surface area contributed by atoms with Crippen LogP contribution in [-0.4, -0.2) is 19.8 Å². The number of aryl methyl sites for hydroxylation is 1. The molecule has 2 heteroatoms. The van der Waals surface area contributed by atoms with Gasteiger partial charge in [0.25, 0.3) is 0 Å². The van der Waals surface area contributed by atoms with Gasteiger partial charge in [-0.15, -0.1) is 0 Å². The van der Waals surface area contributed by atoms with Crippen molar-refractivity contribution in [3.05, 3.63) is 29.8 Å². The highest BCUT2D eigenvalue weighted by Crippen LogP contribution is 2.15. The average molecular weight is 433 g/mol. The van der Waals surface area contributed by atoms with Gasteiger partial charge in [0.05, 0.1) is 6.61 Å². The molecule has 0 spiro atoms. The highest BCUT2D eigenvalue weighted by atomic mass is 16.5. The number of benzene rings is 1. The lowest BCUT2D eigenvalue weighted by Crippen LogP contribution is -2.07. The fourth-order valence-corrected chi connectivity index (χ4v) is 4.05. The Morgan fingerprint density at radius 2 is 0.968 bits per heavy atom. The molecule has 0 heterocycles. The van der Waals surface area contributed by atoms with Gasteiger partial charge < -0.3 is 9.47 Å². The summed E-state index contributed by atoms with van der Waals surface area (Å²) in [6.45, 7) is 6.77. The van der Waals surface area contributed by atoms with Crippen molar-refractivity contribution >= 4 is 0 Å². The monoisotopic (exact) mass is 432 g/mol. The first kappa shape index (κ1) is 28.0. The largest absolute Gasteiger partial charge is 0.491 e. The molecule has 0 saturated carbocycles. The maximum atomic E-state index is 5.82. The summed E-state index contributed by atoms with van der Waals surface area (Å²) in [5.41, 5.74) is 1.43. The topological polar surface area (TPSA) is 18.5 Å². The van der Waals surface area contributed by atoms with Crippen LogP contribution in [0.5, 0.6) is 5.75 Å². The van der Waals surface area contributed by atoms with Crippen LogP contribution < -0.4 is 4.74 Å². The van der Waals surface area contributed by atoms with Crippen LogP contribution in [-0.2, 0) is 11.2 Å². The zero-order valence-corrected chi connectivity index (χ0v) is 21.0. The Labute approximate surface area is 194 Å². The standard InChI is InChI=1S/C29H52O2/c1-3-5-7-9-11-12-13-15-17-19-25-30-26-27-31-29-23-21-28(22-24-29)20-18-16-14-10-8-6-4-2/h21-24H,3-20,25-27H2,1-2H3. The van der Waals surface area contributed by atoms with Crippen LogP contribution in [0.4, 0.5) is 0 Å². The summed E-state index contributed by atoms with van der Waals surface area (Å²) in [6.07, 6.45) is 24.5. The Hall–Kier alpha value is -1.02. The lowest BCUT2D eigenvalue weighted by molar-refractivity contribution is 0.0970. The second-order valence-electron chi connectivity index (χ2n) is 9.16. The van der Waals surface area contributed by atoms with E-state index in [1.54, 1.807) is 0 Å². The van der Waals surface area contributed by atoms with Crippen molar-refractivity contribution in [3.63, 3.8) is 0 Å². The Kier molecular flexibility index (Phi) is 20.0. The molecule has 0 amide bonds. The molecular weight excluding hydrogens is 380 g/mol. The third-order valence-electron chi connectivity index (χ3n) is 6.13. The van der Waals surface area contributed by atoms with E-state index >= 15 is 0 Å². The van der Waals surface area contributed by atoms with Crippen molar-refractivity contribution in [2.75, 3.05) is 19.8 Å². The summed E-state index contributed by atoms with van der Waals surface area (Å²) >= 11 is 0. The van der Waals surface area contributed by atoms with Gasteiger partial charge in [-0.3, -0.25) is 0 Å². The van der Waals surface area contributed by atoms with Gasteiger partial charge in [0.1, 0.15) is 12.4 Å². The highest BCUT2D eigenvalue weighted by molar-refractivity contribution is 5.27. The van der Waals surface area contributed by atoms with E-state index in [2.05, 4.69) is 38.1 Å². The molecule has 0 atom stereocenters. The summed E-state index contributed by atoms with van der Waals surface area (Å²) in [5.74, 6) is 0.964. The summed E-state index contributed by atoms with van der Waals surface area (Å²) in [7, 11) is 0. The molecule has 0 aromatic heterocycles. The molecular formula is C29H52O2. The van der Waals surface area contributed by atoms with Gasteiger partial charge in [0, 0.05) is 6.61 Å². The summed E-state index contributed by atoms with van der Waals surface area (Å²) in [6, 6.07) is 8.66. The second kappa shape index (κ2) is 22.2. The first-order chi connectivity index (χ1) is 15.4. The minimum Gasteiger partial charge on any atom is -0.491 e. The van der Waals surface area contributed by atoms with E-state index in [1.807, 2.05) is 0 Å². The van der Waals surface area contributed by atoms with Crippen LogP contribution in [0.3, 0.4) is 0 Å². The predicted molar refractivity (Wildman–Crippen MR) is 136 cm³/mol. The quantitative estimate of drug-likeness (QED) is 0.160. The molecule has 180 valence electrons. The van der Waals surface area contributed by atoms with Crippen molar-refractivity contribution in [2.24, 2.45) is 0 Å². The summed E-state index contributed by atoms with van der Waals surface area (Å²) in [5, 5.41) is 0. The van der Waals surface area contributed by atoms with Crippen molar-refractivity contribution in [3.8, 4) is 5.75 Å². The maximum absolute atomic E-state index is 5.82. The molecule has 0 aliphatic rings. The lowest BCUT2D eigenvalue weighted by Gasteiger charge is -2.08. The van der Waals surface area contributed by atoms with Crippen LogP contribution in [0.1, 0.15) is 129 Å². The van der Waals surface area contributed by atoms with E-state index in [4.69, 9.17) is 9.47 Å². The zero-order valence-electron chi connectivity index (χ0n) is 21.0. The molecule has 0 aliphatic carbocycles. The molecule has 0 bridgehead atoms. The third-order valence-corrected chi connectivity index (χ3v) is 6.13. The van der Waals surface area contributed by atoms with Crippen molar-refractivity contribution in [1.29, 1.82) is 0 Å². The van der Waals surface area contributed by atoms with Crippen molar-refractivity contribution in [2.45, 2.75) is 129 Å². The Morgan fingerprint density at radius 3 is 1.52 bits per heavy atom. The third kappa shape index (κ3) is 18.3. The number of hydrogen-bond acceptors (Lipinski definition) is 2. The fourth-order valence-electron chi connectivity index (χ4n) is 4.05. The molecule has 0 saturated heterocycles. The van der Waals surface area contributed by atoms with Gasteiger partial charge in [-0.2, -0.15) is 0 Å². The van der Waals surface area contributed by atoms with E-state index in [0.717, 1.165) is 12.4 Å². The molecule has 2 nitrogen and oxygen atoms in total. The fraction of sp³-hybridized carbons (Fsp3) is 0.793. The summed E-state index contributed by atoms with van der Waals surface area (Å²) < 4.78 is 11.5. The molecule has 1 aromatic rings. The minimum atomic E-state index is 0.648. The van der Waals surface area contributed by atoms with E-state index in [1.165, 1.54) is 121 Å². The SMILES string of the molecule is CCCCCCCCCCCCOCCOc1ccc(CCCCCCCCC)cc1. The van der Waals surface area contributed by atoms with Gasteiger partial charge in [-0.25, -0.2) is 0 Å². The molecule has 1 rings (SSSR count). The van der Waals surface area contributed by atoms with Gasteiger partial charge in [0.15, 0.2) is 0 Å². The predicted octanol–water partition coefficient (Wildman–Crippen LogP) is 9.30. The van der Waals surface area contributed by atoms with Gasteiger partial charge in [-0.1, -0.05) is 122 Å². The van der Waals surface area contributed by atoms with Gasteiger partial charge in [0.2, 0.25) is 0 Å². The molecule has 0 aliphatic heterocycles. The van der Waals surface area contributed by atoms with Gasteiger partial charge in [-0.05, 0) is 37.0 Å². The second-order valence-corrected chi connectivity index (χ2v) is 9.16. The molecule has 31 heavy (non-hydrogen) atoms. The van der Waals surface area contributed by atoms with Crippen LogP contribution in [0.2, 0.25) is 0 Å². The summed E-state index contributed by atoms with van der Waals surface area (Å²) in [4.78, 5) is 0. The van der Waals surface area contributed by atoms with E-state index < -0.39 is 0 Å². The van der Waals surface area contributed by atoms with Crippen LogP contribution in [0.15, 0.2) is 24.3 Å². The molecule has 0 N–H and O–H groups in total. The van der Waals surface area contributed by atoms with E-state index in [0.29, 0.717) is 13.2 Å². The Balaban J connectivity index is 1.87. The van der Waals surface area contributed by atoms with Crippen molar-refractivity contribution in [1.82, 2.24) is 0 Å². The van der Waals surface area contributed by atoms with Crippen LogP contribution in [0.25, 0.3) is 0 Å².